The fourth-order valence-electron chi connectivity index (χ4n) is 1.90. The Morgan fingerprint density at radius 2 is 2.13 bits per heavy atom. The molecule has 0 aromatic heterocycles. The molecule has 0 atom stereocenters. The van der Waals surface area contributed by atoms with Gasteiger partial charge in [0.1, 0.15) is 0 Å². The zero-order chi connectivity index (χ0) is 17.0. The van der Waals surface area contributed by atoms with Gasteiger partial charge in [-0.1, -0.05) is 17.7 Å². The monoisotopic (exact) mass is 334 g/mol. The van der Waals surface area contributed by atoms with Gasteiger partial charge in [-0.25, -0.2) is 0 Å². The Morgan fingerprint density at radius 3 is 2.74 bits per heavy atom. The maximum atomic E-state index is 11.0. The highest BCUT2D eigenvalue weighted by Gasteiger charge is 2.19. The number of nitro groups is 1. The fraction of sp³-hybridized carbons (Fsp3) is 0.188. The maximum absolute atomic E-state index is 11.0. The van der Waals surface area contributed by atoms with E-state index in [2.05, 4.69) is 4.99 Å². The summed E-state index contributed by atoms with van der Waals surface area (Å²) in [6, 6.07) is 8.05. The molecule has 0 fully saturated rings. The van der Waals surface area contributed by atoms with Crippen LogP contribution < -0.4 is 4.74 Å². The molecule has 120 valence electrons. The van der Waals surface area contributed by atoms with E-state index in [9.17, 15) is 15.2 Å². The van der Waals surface area contributed by atoms with Crippen molar-refractivity contribution >= 4 is 29.2 Å². The van der Waals surface area contributed by atoms with E-state index in [4.69, 9.17) is 16.3 Å². The van der Waals surface area contributed by atoms with Crippen molar-refractivity contribution < 1.29 is 14.8 Å². The molecular formula is C16H15ClN2O4. The van der Waals surface area contributed by atoms with Crippen LogP contribution in [0.5, 0.6) is 11.5 Å². The SMILES string of the molecule is CCOc1cc(C=Nc2ccc(C)c(Cl)c2)cc([N+](=O)[O-])c1O. The quantitative estimate of drug-likeness (QED) is 0.498. The number of halogens is 1. The second kappa shape index (κ2) is 7.11. The highest BCUT2D eigenvalue weighted by atomic mass is 35.5. The first-order chi connectivity index (χ1) is 10.9. The number of benzene rings is 2. The minimum atomic E-state index is -0.669. The van der Waals surface area contributed by atoms with Crippen LogP contribution in [0, 0.1) is 17.0 Å². The van der Waals surface area contributed by atoms with Gasteiger partial charge in [0.25, 0.3) is 0 Å². The normalized spacial score (nSPS) is 10.9. The molecule has 6 nitrogen and oxygen atoms in total. The zero-order valence-electron chi connectivity index (χ0n) is 12.6. The van der Waals surface area contributed by atoms with Gasteiger partial charge in [0.05, 0.1) is 17.2 Å². The number of rotatable bonds is 5. The van der Waals surface area contributed by atoms with Gasteiger partial charge >= 0.3 is 5.69 Å². The van der Waals surface area contributed by atoms with E-state index in [0.29, 0.717) is 16.3 Å². The average molecular weight is 335 g/mol. The summed E-state index contributed by atoms with van der Waals surface area (Å²) in [5.41, 5.74) is 1.56. The van der Waals surface area contributed by atoms with Crippen LogP contribution >= 0.6 is 11.6 Å². The molecule has 1 N–H and O–H groups in total. The lowest BCUT2D eigenvalue weighted by molar-refractivity contribution is -0.386. The van der Waals surface area contributed by atoms with Crippen LogP contribution in [0.4, 0.5) is 11.4 Å². The minimum absolute atomic E-state index is 0.0464. The Kier molecular flexibility index (Phi) is 5.18. The Balaban J connectivity index is 2.40. The van der Waals surface area contributed by atoms with Crippen molar-refractivity contribution in [1.82, 2.24) is 0 Å². The van der Waals surface area contributed by atoms with Crippen LogP contribution in [0.1, 0.15) is 18.1 Å². The Labute approximate surface area is 138 Å². The number of aliphatic imine (C=N–C) groups is 1. The molecule has 2 aromatic carbocycles. The molecule has 0 aliphatic rings. The number of phenols is 1. The van der Waals surface area contributed by atoms with Crippen LogP contribution in [0.2, 0.25) is 5.02 Å². The summed E-state index contributed by atoms with van der Waals surface area (Å²) in [6.45, 7) is 3.88. The minimum Gasteiger partial charge on any atom is -0.500 e. The lowest BCUT2D eigenvalue weighted by Gasteiger charge is -2.07. The van der Waals surface area contributed by atoms with Gasteiger partial charge in [0, 0.05) is 22.9 Å². The second-order valence-electron chi connectivity index (χ2n) is 4.77. The maximum Gasteiger partial charge on any atom is 0.315 e. The summed E-state index contributed by atoms with van der Waals surface area (Å²) in [4.78, 5) is 14.6. The van der Waals surface area contributed by atoms with Crippen LogP contribution in [0.3, 0.4) is 0 Å². The predicted octanol–water partition coefficient (Wildman–Crippen LogP) is 4.41. The summed E-state index contributed by atoms with van der Waals surface area (Å²) >= 11 is 6.03. The van der Waals surface area contributed by atoms with Crippen molar-refractivity contribution in [2.24, 2.45) is 4.99 Å². The Morgan fingerprint density at radius 1 is 1.39 bits per heavy atom. The van der Waals surface area contributed by atoms with E-state index in [-0.39, 0.29) is 12.4 Å². The fourth-order valence-corrected chi connectivity index (χ4v) is 2.08. The summed E-state index contributed by atoms with van der Waals surface area (Å²) in [5.74, 6) is -0.447. The molecule has 23 heavy (non-hydrogen) atoms. The smallest absolute Gasteiger partial charge is 0.315 e. The standard InChI is InChI=1S/C16H15ClN2O4/c1-3-23-15-7-11(6-14(16(15)20)19(21)22)9-18-12-5-4-10(2)13(17)8-12/h4-9,20H,3H2,1-2H3. The average Bonchev–Trinajstić information content (AvgIpc) is 2.51. The predicted molar refractivity (Wildman–Crippen MR) is 89.4 cm³/mol. The van der Waals surface area contributed by atoms with Gasteiger partial charge in [-0.15, -0.1) is 0 Å². The number of hydrogen-bond donors (Lipinski definition) is 1. The molecule has 0 aliphatic carbocycles. The Bertz CT molecular complexity index is 775. The zero-order valence-corrected chi connectivity index (χ0v) is 13.4. The van der Waals surface area contributed by atoms with Gasteiger partial charge in [-0.2, -0.15) is 0 Å². The first kappa shape index (κ1) is 16.8. The third-order valence-electron chi connectivity index (χ3n) is 3.09. The lowest BCUT2D eigenvalue weighted by atomic mass is 10.1. The van der Waals surface area contributed by atoms with E-state index in [1.807, 2.05) is 13.0 Å². The lowest BCUT2D eigenvalue weighted by Crippen LogP contribution is -1.97. The van der Waals surface area contributed by atoms with Gasteiger partial charge in [-0.3, -0.25) is 15.1 Å². The van der Waals surface area contributed by atoms with Gasteiger partial charge in [-0.05, 0) is 37.6 Å². The van der Waals surface area contributed by atoms with Crippen LogP contribution in [0.25, 0.3) is 0 Å². The molecule has 0 radical (unpaired) electrons. The van der Waals surface area contributed by atoms with Crippen molar-refractivity contribution in [2.75, 3.05) is 6.61 Å². The molecule has 0 saturated heterocycles. The molecule has 0 saturated carbocycles. The van der Waals surface area contributed by atoms with Gasteiger partial charge in [0.2, 0.25) is 5.75 Å². The highest BCUT2D eigenvalue weighted by molar-refractivity contribution is 6.31. The van der Waals surface area contributed by atoms with E-state index in [0.717, 1.165) is 5.56 Å². The molecule has 0 heterocycles. The molecule has 7 heteroatoms. The number of phenolic OH excluding ortho intramolecular Hbond substituents is 1. The van der Waals surface area contributed by atoms with Crippen molar-refractivity contribution in [3.05, 3.63) is 56.6 Å². The van der Waals surface area contributed by atoms with Crippen molar-refractivity contribution in [2.45, 2.75) is 13.8 Å². The van der Waals surface area contributed by atoms with Crippen molar-refractivity contribution in [1.29, 1.82) is 0 Å². The molecule has 2 aromatic rings. The summed E-state index contributed by atoms with van der Waals surface area (Å²) < 4.78 is 5.22. The molecule has 0 unspecified atom stereocenters. The first-order valence-corrected chi connectivity index (χ1v) is 7.24. The number of nitro benzene ring substituents is 1. The van der Waals surface area contributed by atoms with Crippen molar-refractivity contribution in [3.63, 3.8) is 0 Å². The van der Waals surface area contributed by atoms with Crippen molar-refractivity contribution in [3.8, 4) is 11.5 Å². The number of ether oxygens (including phenoxy) is 1. The van der Waals surface area contributed by atoms with Crippen LogP contribution in [0.15, 0.2) is 35.3 Å². The van der Waals surface area contributed by atoms with E-state index in [1.54, 1.807) is 19.1 Å². The largest absolute Gasteiger partial charge is 0.500 e. The Hall–Kier alpha value is -2.60. The molecule has 2 rings (SSSR count). The number of aryl methyl sites for hydroxylation is 1. The summed E-state index contributed by atoms with van der Waals surface area (Å²) in [7, 11) is 0. The van der Waals surface area contributed by atoms with Gasteiger partial charge in [0.15, 0.2) is 5.75 Å². The topological polar surface area (TPSA) is 85.0 Å². The highest BCUT2D eigenvalue weighted by Crippen LogP contribution is 2.36. The first-order valence-electron chi connectivity index (χ1n) is 6.86. The molecule has 0 spiro atoms. The van der Waals surface area contributed by atoms with Gasteiger partial charge < -0.3 is 9.84 Å². The molecule has 0 amide bonds. The molecule has 0 bridgehead atoms. The van der Waals surface area contributed by atoms with E-state index in [1.165, 1.54) is 18.3 Å². The molecular weight excluding hydrogens is 320 g/mol. The number of hydrogen-bond acceptors (Lipinski definition) is 5. The summed E-state index contributed by atoms with van der Waals surface area (Å²) in [5, 5.41) is 21.4. The third kappa shape index (κ3) is 3.98. The molecule has 0 aliphatic heterocycles. The van der Waals surface area contributed by atoms with Crippen LogP contribution in [-0.4, -0.2) is 22.9 Å². The number of nitrogens with zero attached hydrogens (tertiary/aromatic N) is 2. The third-order valence-corrected chi connectivity index (χ3v) is 3.50. The van der Waals surface area contributed by atoms with E-state index >= 15 is 0 Å². The van der Waals surface area contributed by atoms with Crippen LogP contribution in [-0.2, 0) is 0 Å². The summed E-state index contributed by atoms with van der Waals surface area (Å²) in [6.07, 6.45) is 1.45. The second-order valence-corrected chi connectivity index (χ2v) is 5.18. The number of aromatic hydroxyl groups is 1. The van der Waals surface area contributed by atoms with E-state index < -0.39 is 16.4 Å².